The molecule has 0 fully saturated rings. The van der Waals surface area contributed by atoms with Gasteiger partial charge in [-0.2, -0.15) is 5.10 Å². The number of para-hydroxylation sites is 1. The maximum atomic E-state index is 9.40. The number of aromatic nitrogens is 2. The third kappa shape index (κ3) is 3.51. The summed E-state index contributed by atoms with van der Waals surface area (Å²) in [5.74, 6) is 0.786. The van der Waals surface area contributed by atoms with Gasteiger partial charge in [-0.15, -0.1) is 11.3 Å². The molecule has 25 heavy (non-hydrogen) atoms. The first-order valence-corrected chi connectivity index (χ1v) is 9.08. The molecular weight excluding hydrogens is 334 g/mol. The summed E-state index contributed by atoms with van der Waals surface area (Å²) in [4.78, 5) is 3.49. The summed E-state index contributed by atoms with van der Waals surface area (Å²) in [6.45, 7) is 2.25. The number of benzene rings is 1. The molecule has 0 unspecified atom stereocenters. The van der Waals surface area contributed by atoms with Crippen molar-refractivity contribution < 1.29 is 9.52 Å². The SMILES string of the molecule is OCCN(Cc1cccs1)Cc1cn[nH]c1-c1cc2ccccc2o1. The normalized spacial score (nSPS) is 11.6. The topological polar surface area (TPSA) is 65.3 Å². The van der Waals surface area contributed by atoms with E-state index in [-0.39, 0.29) is 6.61 Å². The van der Waals surface area contributed by atoms with Crippen LogP contribution in [-0.2, 0) is 13.1 Å². The van der Waals surface area contributed by atoms with Crippen LogP contribution in [0.4, 0.5) is 0 Å². The largest absolute Gasteiger partial charge is 0.454 e. The summed E-state index contributed by atoms with van der Waals surface area (Å²) in [7, 11) is 0. The number of nitrogens with zero attached hydrogens (tertiary/aromatic N) is 2. The number of aliphatic hydroxyl groups is 1. The van der Waals surface area contributed by atoms with Crippen LogP contribution in [0, 0.1) is 0 Å². The monoisotopic (exact) mass is 353 g/mol. The Morgan fingerprint density at radius 3 is 2.88 bits per heavy atom. The fourth-order valence-electron chi connectivity index (χ4n) is 2.97. The van der Waals surface area contributed by atoms with Gasteiger partial charge in [-0.3, -0.25) is 10.00 Å². The van der Waals surface area contributed by atoms with Crippen molar-refractivity contribution in [1.82, 2.24) is 15.1 Å². The molecule has 0 aliphatic heterocycles. The molecule has 0 bridgehead atoms. The summed E-state index contributed by atoms with van der Waals surface area (Å²) < 4.78 is 5.96. The van der Waals surface area contributed by atoms with Gasteiger partial charge in [0.05, 0.1) is 12.8 Å². The smallest absolute Gasteiger partial charge is 0.153 e. The number of furan rings is 1. The second kappa shape index (κ2) is 7.23. The number of nitrogens with one attached hydrogen (secondary N) is 1. The molecule has 1 aromatic carbocycles. The number of H-pyrrole nitrogens is 1. The van der Waals surface area contributed by atoms with Crippen LogP contribution in [-0.4, -0.2) is 33.4 Å². The maximum absolute atomic E-state index is 9.40. The minimum atomic E-state index is 0.128. The Balaban J connectivity index is 1.59. The molecule has 5 nitrogen and oxygen atoms in total. The first kappa shape index (κ1) is 16.1. The average molecular weight is 353 g/mol. The highest BCUT2D eigenvalue weighted by atomic mass is 32.1. The van der Waals surface area contributed by atoms with Crippen molar-refractivity contribution in [2.45, 2.75) is 13.1 Å². The number of hydrogen-bond donors (Lipinski definition) is 2. The summed E-state index contributed by atoms with van der Waals surface area (Å²) in [6.07, 6.45) is 1.83. The molecule has 0 aliphatic carbocycles. The number of aliphatic hydroxyl groups excluding tert-OH is 1. The fourth-order valence-corrected chi connectivity index (χ4v) is 3.71. The van der Waals surface area contributed by atoms with E-state index in [1.54, 1.807) is 11.3 Å². The van der Waals surface area contributed by atoms with E-state index in [9.17, 15) is 5.11 Å². The maximum Gasteiger partial charge on any atom is 0.153 e. The second-order valence-electron chi connectivity index (χ2n) is 5.93. The molecule has 0 radical (unpaired) electrons. The Morgan fingerprint density at radius 2 is 2.08 bits per heavy atom. The zero-order valence-corrected chi connectivity index (χ0v) is 14.5. The van der Waals surface area contributed by atoms with Crippen LogP contribution < -0.4 is 0 Å². The van der Waals surface area contributed by atoms with Crippen LogP contribution in [0.15, 0.2) is 58.5 Å². The second-order valence-corrected chi connectivity index (χ2v) is 6.96. The zero-order valence-electron chi connectivity index (χ0n) is 13.7. The fraction of sp³-hybridized carbons (Fsp3) is 0.211. The Labute approximate surface area is 149 Å². The summed E-state index contributed by atoms with van der Waals surface area (Å²) in [5, 5.41) is 19.8. The van der Waals surface area contributed by atoms with Gasteiger partial charge in [0, 0.05) is 35.5 Å². The average Bonchev–Trinajstić information content (AvgIpc) is 3.35. The van der Waals surface area contributed by atoms with Crippen molar-refractivity contribution in [2.24, 2.45) is 0 Å². The first-order valence-electron chi connectivity index (χ1n) is 8.20. The molecule has 6 heteroatoms. The van der Waals surface area contributed by atoms with Crippen molar-refractivity contribution in [1.29, 1.82) is 0 Å². The molecule has 0 atom stereocenters. The summed E-state index contributed by atoms with van der Waals surface area (Å²) >= 11 is 1.73. The molecule has 4 rings (SSSR count). The summed E-state index contributed by atoms with van der Waals surface area (Å²) in [5.41, 5.74) is 2.82. The van der Waals surface area contributed by atoms with Gasteiger partial charge in [0.25, 0.3) is 0 Å². The Hall–Kier alpha value is -2.41. The Bertz CT molecular complexity index is 910. The van der Waals surface area contributed by atoms with Gasteiger partial charge >= 0.3 is 0 Å². The number of fused-ring (bicyclic) bond motifs is 1. The first-order chi connectivity index (χ1) is 12.3. The van der Waals surface area contributed by atoms with Gasteiger partial charge < -0.3 is 9.52 Å². The molecule has 0 saturated carbocycles. The van der Waals surface area contributed by atoms with Crippen LogP contribution in [0.1, 0.15) is 10.4 Å². The third-order valence-electron chi connectivity index (χ3n) is 4.16. The molecule has 4 aromatic rings. The van der Waals surface area contributed by atoms with E-state index in [0.717, 1.165) is 34.5 Å². The van der Waals surface area contributed by atoms with Crippen molar-refractivity contribution in [3.63, 3.8) is 0 Å². The molecule has 128 valence electrons. The van der Waals surface area contributed by atoms with Crippen LogP contribution >= 0.6 is 11.3 Å². The lowest BCUT2D eigenvalue weighted by Crippen LogP contribution is -2.25. The van der Waals surface area contributed by atoms with Crippen molar-refractivity contribution in [3.8, 4) is 11.5 Å². The van der Waals surface area contributed by atoms with Crippen LogP contribution in [0.3, 0.4) is 0 Å². The third-order valence-corrected chi connectivity index (χ3v) is 5.02. The van der Waals surface area contributed by atoms with E-state index in [1.807, 2.05) is 36.5 Å². The lowest BCUT2D eigenvalue weighted by atomic mass is 10.1. The van der Waals surface area contributed by atoms with E-state index >= 15 is 0 Å². The Morgan fingerprint density at radius 1 is 1.16 bits per heavy atom. The molecule has 0 amide bonds. The molecule has 2 N–H and O–H groups in total. The highest BCUT2D eigenvalue weighted by Crippen LogP contribution is 2.29. The number of thiophene rings is 1. The molecule has 0 spiro atoms. The van der Waals surface area contributed by atoms with E-state index < -0.39 is 0 Å². The van der Waals surface area contributed by atoms with Gasteiger partial charge in [0.2, 0.25) is 0 Å². The van der Waals surface area contributed by atoms with E-state index in [1.165, 1.54) is 4.88 Å². The van der Waals surface area contributed by atoms with E-state index in [4.69, 9.17) is 4.42 Å². The minimum Gasteiger partial charge on any atom is -0.454 e. The number of hydrogen-bond acceptors (Lipinski definition) is 5. The highest BCUT2D eigenvalue weighted by molar-refractivity contribution is 7.09. The van der Waals surface area contributed by atoms with Crippen LogP contribution in [0.5, 0.6) is 0 Å². The van der Waals surface area contributed by atoms with Gasteiger partial charge in [-0.1, -0.05) is 24.3 Å². The highest BCUT2D eigenvalue weighted by Gasteiger charge is 2.16. The minimum absolute atomic E-state index is 0.128. The lowest BCUT2D eigenvalue weighted by Gasteiger charge is -2.20. The van der Waals surface area contributed by atoms with Gasteiger partial charge in [0.15, 0.2) is 5.76 Å². The predicted octanol–water partition coefficient (Wildman–Crippen LogP) is 3.88. The van der Waals surface area contributed by atoms with Crippen LogP contribution in [0.25, 0.3) is 22.4 Å². The van der Waals surface area contributed by atoms with Crippen molar-refractivity contribution >= 4 is 22.3 Å². The van der Waals surface area contributed by atoms with Crippen molar-refractivity contribution in [2.75, 3.05) is 13.2 Å². The summed E-state index contributed by atoms with van der Waals surface area (Å²) in [6, 6.07) is 14.2. The molecule has 3 heterocycles. The van der Waals surface area contributed by atoms with Gasteiger partial charge in [-0.05, 0) is 23.6 Å². The molecule has 0 aliphatic rings. The molecule has 0 saturated heterocycles. The van der Waals surface area contributed by atoms with Crippen LogP contribution in [0.2, 0.25) is 0 Å². The quantitative estimate of drug-likeness (QED) is 0.529. The Kier molecular flexibility index (Phi) is 4.65. The zero-order chi connectivity index (χ0) is 17.1. The van der Waals surface area contributed by atoms with Crippen molar-refractivity contribution in [3.05, 3.63) is 64.5 Å². The number of rotatable bonds is 7. The predicted molar refractivity (Wildman–Crippen MR) is 99.3 cm³/mol. The lowest BCUT2D eigenvalue weighted by molar-refractivity contribution is 0.185. The van der Waals surface area contributed by atoms with E-state index in [0.29, 0.717) is 13.1 Å². The number of aromatic amines is 1. The molecular formula is C19H19N3O2S. The van der Waals surface area contributed by atoms with Gasteiger partial charge in [-0.25, -0.2) is 0 Å². The van der Waals surface area contributed by atoms with E-state index in [2.05, 4.69) is 32.6 Å². The standard InChI is InChI=1S/C19H19N3O2S/c23-8-7-22(13-16-5-3-9-25-16)12-15-11-20-21-19(15)18-10-14-4-1-2-6-17(14)24-18/h1-6,9-11,23H,7-8,12-13H2,(H,20,21). The molecule has 3 aromatic heterocycles. The van der Waals surface area contributed by atoms with Gasteiger partial charge in [0.1, 0.15) is 11.3 Å².